The summed E-state index contributed by atoms with van der Waals surface area (Å²) in [4.78, 5) is 128. The summed E-state index contributed by atoms with van der Waals surface area (Å²) < 4.78 is 28.5. The van der Waals surface area contributed by atoms with Gasteiger partial charge in [-0.1, -0.05) is 6.92 Å². The van der Waals surface area contributed by atoms with E-state index < -0.39 is 207 Å². The summed E-state index contributed by atoms with van der Waals surface area (Å²) in [5.74, 6) is -9.85. The molecular formula is C49H70N16O22S2. The van der Waals surface area contributed by atoms with Gasteiger partial charge in [0.1, 0.15) is 101 Å². The number of rotatable bonds is 31. The molecule has 490 valence electrons. The zero-order valence-corrected chi connectivity index (χ0v) is 49.0. The second-order valence-corrected chi connectivity index (χ2v) is 22.2. The molecule has 10 unspecified atom stereocenters. The predicted octanol–water partition coefficient (Wildman–Crippen LogP) is -8.31. The highest BCUT2D eigenvalue weighted by Gasteiger charge is 2.54. The molecule has 2 aliphatic rings. The Balaban J connectivity index is 1.29. The number of primary amides is 3. The average molecular weight is 1300 g/mol. The van der Waals surface area contributed by atoms with Gasteiger partial charge in [-0.15, -0.1) is 22.7 Å². The summed E-state index contributed by atoms with van der Waals surface area (Å²) in [7, 11) is 0. The van der Waals surface area contributed by atoms with E-state index in [2.05, 4.69) is 56.5 Å². The van der Waals surface area contributed by atoms with Gasteiger partial charge < -0.3 is 130 Å². The number of carboxylic acids is 1. The first-order valence-corrected chi connectivity index (χ1v) is 28.7. The molecule has 2 aliphatic heterocycles. The number of aliphatic hydroxyl groups excluding tert-OH is 8. The Bertz CT molecular complexity index is 3090. The van der Waals surface area contributed by atoms with E-state index in [-0.39, 0.29) is 24.4 Å². The minimum atomic E-state index is -2.20. The molecule has 19 atom stereocenters. The smallest absolute Gasteiger partial charge is 0.404 e. The zero-order chi connectivity index (χ0) is 65.7. The number of nitrogens with zero attached hydrogens (tertiary/aromatic N) is 5. The van der Waals surface area contributed by atoms with E-state index in [1.165, 1.54) is 37.5 Å². The van der Waals surface area contributed by atoms with Crippen LogP contribution >= 0.6 is 22.7 Å². The first-order chi connectivity index (χ1) is 42.0. The first-order valence-electron chi connectivity index (χ1n) is 26.9. The molecule has 4 aromatic heterocycles. The van der Waals surface area contributed by atoms with E-state index in [1.54, 1.807) is 5.38 Å². The maximum atomic E-state index is 15.0. The number of hydrogen-bond donors (Lipinski definition) is 20. The normalized spacial score (nSPS) is 24.9. The number of ether oxygens (including phenoxy) is 5. The number of nitrogens with one attached hydrogen (secondary N) is 6. The lowest BCUT2D eigenvalue weighted by atomic mass is 9.96. The number of aliphatic carboxylic acids is 1. The van der Waals surface area contributed by atoms with Crippen LogP contribution in [-0.4, -0.2) is 247 Å². The lowest BCUT2D eigenvalue weighted by molar-refractivity contribution is -0.372. The van der Waals surface area contributed by atoms with Gasteiger partial charge in [0.25, 0.3) is 11.8 Å². The third-order valence-electron chi connectivity index (χ3n) is 13.8. The van der Waals surface area contributed by atoms with Crippen LogP contribution in [0, 0.1) is 5.92 Å². The molecule has 0 spiro atoms. The average Bonchev–Trinajstić information content (AvgIpc) is 1.88. The molecule has 0 aromatic carbocycles. The summed E-state index contributed by atoms with van der Waals surface area (Å²) in [6.45, 7) is 1.14. The van der Waals surface area contributed by atoms with Crippen LogP contribution < -0.4 is 55.3 Å². The molecule has 89 heavy (non-hydrogen) atoms. The molecule has 6 heterocycles. The number of carbonyl (C=O) groups excluding carboxylic acids is 7. The van der Waals surface area contributed by atoms with Crippen LogP contribution in [0.1, 0.15) is 76.8 Å². The lowest BCUT2D eigenvalue weighted by Crippen LogP contribution is -2.65. The molecule has 2 fully saturated rings. The largest absolute Gasteiger partial charge is 0.480 e. The van der Waals surface area contributed by atoms with Gasteiger partial charge in [-0.05, 0) is 13.8 Å². The van der Waals surface area contributed by atoms with Gasteiger partial charge in [-0.2, -0.15) is 0 Å². The second-order valence-electron chi connectivity index (χ2n) is 20.4. The first kappa shape index (κ1) is 70.4. The van der Waals surface area contributed by atoms with Crippen molar-refractivity contribution in [3.8, 4) is 10.7 Å². The highest BCUT2D eigenvalue weighted by atomic mass is 32.1. The zero-order valence-electron chi connectivity index (χ0n) is 47.4. The Morgan fingerprint density at radius 2 is 1.47 bits per heavy atom. The lowest BCUT2D eigenvalue weighted by Gasteiger charge is -2.47. The second kappa shape index (κ2) is 31.7. The number of imidazole rings is 1. The Labute approximate surface area is 511 Å². The van der Waals surface area contributed by atoms with Gasteiger partial charge in [0.2, 0.25) is 23.6 Å². The molecule has 0 saturated carbocycles. The van der Waals surface area contributed by atoms with Crippen LogP contribution in [-0.2, 0) is 54.1 Å². The van der Waals surface area contributed by atoms with Crippen molar-refractivity contribution in [3.05, 3.63) is 57.3 Å². The van der Waals surface area contributed by atoms with E-state index in [0.29, 0.717) is 15.7 Å². The Kier molecular flexibility index (Phi) is 25.1. The predicted molar refractivity (Wildman–Crippen MR) is 300 cm³/mol. The number of H-pyrrole nitrogens is 1. The van der Waals surface area contributed by atoms with Crippen LogP contribution in [0.15, 0.2) is 29.4 Å². The van der Waals surface area contributed by atoms with Gasteiger partial charge in [0, 0.05) is 42.8 Å². The molecule has 0 radical (unpaired) electrons. The highest BCUT2D eigenvalue weighted by Crippen LogP contribution is 2.34. The van der Waals surface area contributed by atoms with E-state index in [1.807, 2.05) is 0 Å². The Morgan fingerprint density at radius 1 is 0.787 bits per heavy atom. The quantitative estimate of drug-likeness (QED) is 0.0222. The van der Waals surface area contributed by atoms with Crippen LogP contribution in [0.3, 0.4) is 0 Å². The van der Waals surface area contributed by atoms with Crippen molar-refractivity contribution < 1.29 is 108 Å². The van der Waals surface area contributed by atoms with Crippen LogP contribution in [0.25, 0.3) is 10.7 Å². The molecule has 25 N–H and O–H groups in total. The molecule has 0 aliphatic carbocycles. The highest BCUT2D eigenvalue weighted by molar-refractivity contribution is 7.14. The third kappa shape index (κ3) is 18.3. The van der Waals surface area contributed by atoms with Crippen molar-refractivity contribution in [2.75, 3.05) is 32.0 Å². The minimum absolute atomic E-state index is 0.0203. The number of hydrogen-bond acceptors (Lipinski definition) is 31. The SMILES string of the molecule is C[C@H](C(=O)N[C@H](C(=O)NCCc1nc(-c2nc(C(N)=O)cs2)cs1)[C@@H](C)O)[C@H](O)[C@@H](C)NC(=O)[C@@H](NC(=O)c1cc(N)nc([C@H](CC(N)=O)NC[C@H](N)C(=O)O)n1)[C@@H](OC1OC(CO)C(O)C(O)C1OC1OC(CO)C(O)C(OC(N)=O)C1O)c1cnc[nH]1. The van der Waals surface area contributed by atoms with Gasteiger partial charge >= 0.3 is 12.1 Å². The number of amides is 7. The van der Waals surface area contributed by atoms with Gasteiger partial charge in [-0.3, -0.25) is 33.6 Å². The molecule has 40 heteroatoms. The number of thiazole rings is 2. The van der Waals surface area contributed by atoms with Crippen LogP contribution in [0.2, 0.25) is 0 Å². The number of aromatic amines is 1. The molecule has 6 rings (SSSR count). The summed E-state index contributed by atoms with van der Waals surface area (Å²) in [5.41, 5.74) is 27.4. The van der Waals surface area contributed by atoms with E-state index in [0.717, 1.165) is 29.9 Å². The Morgan fingerprint density at radius 3 is 2.08 bits per heavy atom. The van der Waals surface area contributed by atoms with Gasteiger partial charge in [0.15, 0.2) is 18.7 Å². The summed E-state index contributed by atoms with van der Waals surface area (Å²) in [5, 5.41) is 114. The maximum absolute atomic E-state index is 15.0. The number of carboxylic acid groups (broad SMARTS) is 1. The fourth-order valence-corrected chi connectivity index (χ4v) is 10.6. The third-order valence-corrected chi connectivity index (χ3v) is 15.6. The number of aliphatic hydroxyl groups is 8. The van der Waals surface area contributed by atoms with E-state index in [9.17, 15) is 79.5 Å². The monoisotopic (exact) mass is 1300 g/mol. The number of aromatic nitrogens is 6. The summed E-state index contributed by atoms with van der Waals surface area (Å²) in [6, 6.07) is -7.22. The number of nitrogens with two attached hydrogens (primary N) is 5. The van der Waals surface area contributed by atoms with Gasteiger partial charge in [0.05, 0.1) is 66.6 Å². The molecule has 4 aromatic rings. The van der Waals surface area contributed by atoms with Crippen molar-refractivity contribution >= 4 is 76.0 Å². The maximum Gasteiger partial charge on any atom is 0.404 e. The van der Waals surface area contributed by atoms with Crippen molar-refractivity contribution in [2.45, 2.75) is 144 Å². The van der Waals surface area contributed by atoms with E-state index in [4.69, 9.17) is 52.4 Å². The Hall–Kier alpha value is -7.65. The van der Waals surface area contributed by atoms with Crippen LogP contribution in [0.4, 0.5) is 10.6 Å². The minimum Gasteiger partial charge on any atom is -0.480 e. The number of carbonyl (C=O) groups is 8. The molecule has 38 nitrogen and oxygen atoms in total. The fraction of sp³-hybridized carbons (Fsp3) is 0.571. The standard InChI is InChI=1S/C49H70N16O22S2/c1-15(41(76)64-29(17(3)68)43(78)56-5-4-28-60-23(13-88-28)45-62-22(12-89-45)39(53)75)31(70)16(2)59-44(79)30(65-42(77)20-6-26(51)63-40(61-20)19(7-27(52)69)57-8-18(50)46(80)81)36(21-9-55-14-58-21)85-48-38(34(73)32(71)24(10-66)84-48)86-47-35(74)37(87-49(54)82)33(72)25(11-67)83-47/h6,9,12-19,24-25,29-38,47-48,57,66-68,70-74H,4-5,7-8,10-11,50H2,1-3H3,(H2,52,69)(H2,53,75)(H2,54,82)(H,55,58)(H,56,78)(H,59,79)(H,64,76)(H,65,77)(H,80,81)(H2,51,61,63)/t15-,16+,17+,18-,19-,24?,25?,29-,30-,31-,32?,33?,34?,35?,36-,37?,38?,47?,48?/m0/s1. The molecule has 7 amide bonds. The molecular weight excluding hydrogens is 1230 g/mol. The van der Waals surface area contributed by atoms with Crippen LogP contribution in [0.5, 0.6) is 0 Å². The van der Waals surface area contributed by atoms with Gasteiger partial charge in [-0.25, -0.2) is 29.7 Å². The van der Waals surface area contributed by atoms with Crippen molar-refractivity contribution in [1.82, 2.24) is 56.5 Å². The number of anilines is 1. The van der Waals surface area contributed by atoms with Crippen molar-refractivity contribution in [2.24, 2.45) is 28.9 Å². The molecule has 0 bridgehead atoms. The topological polar surface area (TPSA) is 635 Å². The van der Waals surface area contributed by atoms with E-state index >= 15 is 4.79 Å². The molecule has 2 saturated heterocycles. The van der Waals surface area contributed by atoms with Crippen molar-refractivity contribution in [1.29, 1.82) is 0 Å². The summed E-state index contributed by atoms with van der Waals surface area (Å²) in [6.07, 6.45) is -25.3. The summed E-state index contributed by atoms with van der Waals surface area (Å²) >= 11 is 2.40. The fourth-order valence-electron chi connectivity index (χ4n) is 8.98. The number of nitrogen functional groups attached to an aromatic ring is 1. The van der Waals surface area contributed by atoms with Crippen molar-refractivity contribution in [3.63, 3.8) is 0 Å².